The van der Waals surface area contributed by atoms with Gasteiger partial charge in [0.05, 0.1) is 5.75 Å². The highest BCUT2D eigenvalue weighted by Crippen LogP contribution is 2.20. The third kappa shape index (κ3) is 7.96. The first-order valence-corrected chi connectivity index (χ1v) is 13.1. The second-order valence-electron chi connectivity index (χ2n) is 8.53. The van der Waals surface area contributed by atoms with Gasteiger partial charge in [-0.3, -0.25) is 9.59 Å². The van der Waals surface area contributed by atoms with Crippen molar-refractivity contribution in [2.45, 2.75) is 45.0 Å². The second kappa shape index (κ2) is 13.7. The Kier molecular flexibility index (Phi) is 10.4. The lowest BCUT2D eigenvalue weighted by atomic mass is 10.0. The molecule has 0 aromatic heterocycles. The topological polar surface area (TPSA) is 49.4 Å². The van der Waals surface area contributed by atoms with Gasteiger partial charge in [-0.2, -0.15) is 0 Å². The maximum Gasteiger partial charge on any atom is 0.243 e. The fraction of sp³-hybridized carbons (Fsp3) is 0.310. The zero-order valence-electron chi connectivity index (χ0n) is 20.4. The number of hydrogen-bond donors (Lipinski definition) is 1. The summed E-state index contributed by atoms with van der Waals surface area (Å²) in [6.07, 6.45) is 1.24. The van der Waals surface area contributed by atoms with Crippen LogP contribution in [0.15, 0.2) is 78.9 Å². The van der Waals surface area contributed by atoms with Crippen LogP contribution in [-0.4, -0.2) is 35.1 Å². The Bertz CT molecular complexity index is 1110. The Labute approximate surface area is 211 Å². The van der Waals surface area contributed by atoms with Crippen LogP contribution >= 0.6 is 11.8 Å². The van der Waals surface area contributed by atoms with E-state index in [1.807, 2.05) is 68.4 Å². The van der Waals surface area contributed by atoms with Crippen LogP contribution in [0, 0.1) is 12.7 Å². The largest absolute Gasteiger partial charge is 0.354 e. The van der Waals surface area contributed by atoms with Crippen molar-refractivity contribution >= 4 is 23.6 Å². The summed E-state index contributed by atoms with van der Waals surface area (Å²) in [5.74, 6) is -0.0156. The molecule has 1 atom stereocenters. The molecule has 0 saturated carbocycles. The molecule has 3 rings (SSSR count). The van der Waals surface area contributed by atoms with Crippen molar-refractivity contribution in [1.29, 1.82) is 0 Å². The number of nitrogens with one attached hydrogen (secondary N) is 1. The highest BCUT2D eigenvalue weighted by Gasteiger charge is 2.30. The number of benzene rings is 3. The van der Waals surface area contributed by atoms with Crippen LogP contribution in [0.5, 0.6) is 0 Å². The highest BCUT2D eigenvalue weighted by molar-refractivity contribution is 7.99. The molecule has 6 heteroatoms. The van der Waals surface area contributed by atoms with Crippen LogP contribution in [0.4, 0.5) is 4.39 Å². The van der Waals surface area contributed by atoms with Gasteiger partial charge < -0.3 is 10.2 Å². The van der Waals surface area contributed by atoms with Gasteiger partial charge in [0, 0.05) is 25.3 Å². The molecule has 0 bridgehead atoms. The van der Waals surface area contributed by atoms with E-state index in [2.05, 4.69) is 5.32 Å². The van der Waals surface area contributed by atoms with E-state index in [1.165, 1.54) is 17.8 Å². The lowest BCUT2D eigenvalue weighted by molar-refractivity contribution is -0.139. The van der Waals surface area contributed by atoms with Crippen LogP contribution in [0.1, 0.15) is 35.6 Å². The van der Waals surface area contributed by atoms with Crippen LogP contribution in [0.25, 0.3) is 0 Å². The molecule has 0 saturated heterocycles. The maximum absolute atomic E-state index is 14.0. The van der Waals surface area contributed by atoms with Gasteiger partial charge in [0.25, 0.3) is 0 Å². The maximum atomic E-state index is 14.0. The average molecular weight is 493 g/mol. The molecule has 0 aliphatic heterocycles. The predicted molar refractivity (Wildman–Crippen MR) is 142 cm³/mol. The van der Waals surface area contributed by atoms with Crippen molar-refractivity contribution in [2.75, 3.05) is 12.3 Å². The SMILES string of the molecule is CCCNC(=O)C(Cc1ccccc1)N(Cc1ccccc1C)C(=O)CSCc1ccccc1F. The Balaban J connectivity index is 1.85. The van der Waals surface area contributed by atoms with Crippen molar-refractivity contribution in [2.24, 2.45) is 0 Å². The molecule has 35 heavy (non-hydrogen) atoms. The van der Waals surface area contributed by atoms with Crippen molar-refractivity contribution in [1.82, 2.24) is 10.2 Å². The number of halogens is 1. The van der Waals surface area contributed by atoms with Gasteiger partial charge in [-0.25, -0.2) is 4.39 Å². The molecule has 0 fully saturated rings. The minimum absolute atomic E-state index is 0.137. The van der Waals surface area contributed by atoms with Gasteiger partial charge >= 0.3 is 0 Å². The van der Waals surface area contributed by atoms with Gasteiger partial charge in [0.2, 0.25) is 11.8 Å². The lowest BCUT2D eigenvalue weighted by Crippen LogP contribution is -2.51. The van der Waals surface area contributed by atoms with E-state index in [9.17, 15) is 14.0 Å². The summed E-state index contributed by atoms with van der Waals surface area (Å²) in [5, 5.41) is 2.99. The number of hydrogen-bond acceptors (Lipinski definition) is 3. The summed E-state index contributed by atoms with van der Waals surface area (Å²) >= 11 is 1.36. The Morgan fingerprint density at radius 1 is 0.943 bits per heavy atom. The molecule has 4 nitrogen and oxygen atoms in total. The number of carbonyl (C=O) groups is 2. The molecule has 2 amide bonds. The molecular formula is C29H33FN2O2S. The number of thioether (sulfide) groups is 1. The monoisotopic (exact) mass is 492 g/mol. The Hall–Kier alpha value is -3.12. The van der Waals surface area contributed by atoms with Gasteiger partial charge in [-0.15, -0.1) is 11.8 Å². The number of rotatable bonds is 12. The quantitative estimate of drug-likeness (QED) is 0.362. The van der Waals surface area contributed by atoms with Gasteiger partial charge in [-0.05, 0) is 41.7 Å². The van der Waals surface area contributed by atoms with E-state index >= 15 is 0 Å². The van der Waals surface area contributed by atoms with Crippen molar-refractivity contribution < 1.29 is 14.0 Å². The zero-order valence-corrected chi connectivity index (χ0v) is 21.2. The molecule has 0 aliphatic rings. The second-order valence-corrected chi connectivity index (χ2v) is 9.51. The molecule has 0 radical (unpaired) electrons. The molecule has 184 valence electrons. The summed E-state index contributed by atoms with van der Waals surface area (Å²) in [7, 11) is 0. The normalized spacial score (nSPS) is 11.6. The molecule has 1 N–H and O–H groups in total. The fourth-order valence-corrected chi connectivity index (χ4v) is 4.73. The standard InChI is InChI=1S/C29H33FN2O2S/c1-3-17-31-29(34)27(18-23-12-5-4-6-13-23)32(19-24-14-8-7-11-22(24)2)28(33)21-35-20-25-15-9-10-16-26(25)30/h4-16,27H,3,17-21H2,1-2H3,(H,31,34). The summed E-state index contributed by atoms with van der Waals surface area (Å²) in [4.78, 5) is 28.6. The summed E-state index contributed by atoms with van der Waals surface area (Å²) in [6, 6.07) is 23.6. The summed E-state index contributed by atoms with van der Waals surface area (Å²) < 4.78 is 14.0. The van der Waals surface area contributed by atoms with Crippen molar-refractivity contribution in [3.05, 3.63) is 107 Å². The summed E-state index contributed by atoms with van der Waals surface area (Å²) in [6.45, 7) is 4.90. The molecule has 0 aliphatic carbocycles. The fourth-order valence-electron chi connectivity index (χ4n) is 3.84. The van der Waals surface area contributed by atoms with E-state index in [0.717, 1.165) is 23.1 Å². The minimum Gasteiger partial charge on any atom is -0.354 e. The third-order valence-electron chi connectivity index (χ3n) is 5.86. The number of aryl methyl sites for hydroxylation is 1. The first-order valence-electron chi connectivity index (χ1n) is 12.0. The molecule has 3 aromatic rings. The molecule has 1 unspecified atom stereocenters. The molecule has 0 heterocycles. The van der Waals surface area contributed by atoms with Gasteiger partial charge in [-0.1, -0.05) is 79.7 Å². The first-order chi connectivity index (χ1) is 17.0. The molecular weight excluding hydrogens is 459 g/mol. The van der Waals surface area contributed by atoms with Crippen LogP contribution in [0.3, 0.4) is 0 Å². The third-order valence-corrected chi connectivity index (χ3v) is 6.83. The van der Waals surface area contributed by atoms with E-state index in [4.69, 9.17) is 0 Å². The Morgan fingerprint density at radius 3 is 2.29 bits per heavy atom. The van der Waals surface area contributed by atoms with Crippen LogP contribution < -0.4 is 5.32 Å². The van der Waals surface area contributed by atoms with E-state index < -0.39 is 6.04 Å². The molecule has 0 spiro atoms. The van der Waals surface area contributed by atoms with Crippen molar-refractivity contribution in [3.8, 4) is 0 Å². The summed E-state index contributed by atoms with van der Waals surface area (Å²) in [5.41, 5.74) is 3.63. The van der Waals surface area contributed by atoms with Crippen molar-refractivity contribution in [3.63, 3.8) is 0 Å². The first kappa shape index (κ1) is 26.5. The molecule has 3 aromatic carbocycles. The van der Waals surface area contributed by atoms with E-state index in [-0.39, 0.29) is 23.4 Å². The van der Waals surface area contributed by atoms with E-state index in [0.29, 0.717) is 30.8 Å². The van der Waals surface area contributed by atoms with Gasteiger partial charge in [0.1, 0.15) is 11.9 Å². The Morgan fingerprint density at radius 2 is 1.60 bits per heavy atom. The number of carbonyl (C=O) groups excluding carboxylic acids is 2. The van der Waals surface area contributed by atoms with Crippen LogP contribution in [-0.2, 0) is 28.3 Å². The minimum atomic E-state index is -0.648. The lowest BCUT2D eigenvalue weighted by Gasteiger charge is -2.32. The van der Waals surface area contributed by atoms with E-state index in [1.54, 1.807) is 23.1 Å². The average Bonchev–Trinajstić information content (AvgIpc) is 2.87. The van der Waals surface area contributed by atoms with Crippen LogP contribution in [0.2, 0.25) is 0 Å². The number of amides is 2. The highest BCUT2D eigenvalue weighted by atomic mass is 32.2. The smallest absolute Gasteiger partial charge is 0.243 e. The predicted octanol–water partition coefficient (Wildman–Crippen LogP) is 5.53. The number of nitrogens with zero attached hydrogens (tertiary/aromatic N) is 1. The zero-order chi connectivity index (χ0) is 25.0. The van der Waals surface area contributed by atoms with Gasteiger partial charge in [0.15, 0.2) is 0 Å².